The third-order valence-electron chi connectivity index (χ3n) is 2.59. The summed E-state index contributed by atoms with van der Waals surface area (Å²) in [6.07, 6.45) is 0. The van der Waals surface area contributed by atoms with Gasteiger partial charge in [-0.2, -0.15) is 5.10 Å². The zero-order valence-corrected chi connectivity index (χ0v) is 9.77. The van der Waals surface area contributed by atoms with Crippen LogP contribution in [0.1, 0.15) is 5.69 Å². The first kappa shape index (κ1) is 11.6. The minimum atomic E-state index is -0.315. The lowest BCUT2D eigenvalue weighted by atomic mass is 10.1. The fourth-order valence-electron chi connectivity index (χ4n) is 1.79. The average molecular weight is 235 g/mol. The number of ether oxygens (including phenoxy) is 1. The second kappa shape index (κ2) is 4.55. The van der Waals surface area contributed by atoms with Gasteiger partial charge in [-0.05, 0) is 6.07 Å². The maximum Gasteiger partial charge on any atom is 0.131 e. The highest BCUT2D eigenvalue weighted by molar-refractivity contribution is 5.76. The molecule has 0 aliphatic carbocycles. The number of nitrogens with zero attached hydrogens (tertiary/aromatic N) is 2. The van der Waals surface area contributed by atoms with Gasteiger partial charge in [0, 0.05) is 19.7 Å². The second-order valence-corrected chi connectivity index (χ2v) is 3.74. The van der Waals surface area contributed by atoms with E-state index in [1.54, 1.807) is 32.4 Å². The van der Waals surface area contributed by atoms with Crippen LogP contribution in [0.25, 0.3) is 11.1 Å². The van der Waals surface area contributed by atoms with Crippen molar-refractivity contribution < 1.29 is 9.13 Å². The molecule has 1 aromatic heterocycles. The zero-order chi connectivity index (χ0) is 12.4. The average Bonchev–Trinajstić information content (AvgIpc) is 2.57. The molecule has 0 saturated carbocycles. The third-order valence-corrected chi connectivity index (χ3v) is 2.59. The molecule has 2 rings (SSSR count). The van der Waals surface area contributed by atoms with Crippen LogP contribution in [0.15, 0.2) is 24.3 Å². The lowest BCUT2D eigenvalue weighted by Crippen LogP contribution is -1.98. The number of aromatic nitrogens is 2. The van der Waals surface area contributed by atoms with E-state index in [1.165, 1.54) is 10.7 Å². The molecule has 0 aliphatic rings. The minimum Gasteiger partial charge on any atom is -0.383 e. The summed E-state index contributed by atoms with van der Waals surface area (Å²) in [4.78, 5) is 0. The number of rotatable bonds is 3. The quantitative estimate of drug-likeness (QED) is 0.884. The Morgan fingerprint density at radius 2 is 2.12 bits per heavy atom. The van der Waals surface area contributed by atoms with E-state index in [0.717, 1.165) is 0 Å². The molecular formula is C12H14FN3O. The standard InChI is InChI=1S/C12H14FN3O/c1-16-12(14)11(10(15-16)7-17-2)8-5-3-4-6-9(8)13/h3-6H,7,14H2,1-2H3. The van der Waals surface area contributed by atoms with E-state index < -0.39 is 0 Å². The maximum atomic E-state index is 13.8. The minimum absolute atomic E-state index is 0.300. The fourth-order valence-corrected chi connectivity index (χ4v) is 1.79. The van der Waals surface area contributed by atoms with Crippen molar-refractivity contribution in [2.75, 3.05) is 12.8 Å². The molecule has 0 saturated heterocycles. The molecule has 90 valence electrons. The summed E-state index contributed by atoms with van der Waals surface area (Å²) >= 11 is 0. The maximum absolute atomic E-state index is 13.8. The van der Waals surface area contributed by atoms with Gasteiger partial charge in [0.05, 0.1) is 17.9 Å². The Hall–Kier alpha value is -1.88. The molecule has 0 atom stereocenters. The molecule has 17 heavy (non-hydrogen) atoms. The predicted octanol–water partition coefficient (Wildman–Crippen LogP) is 1.95. The number of methoxy groups -OCH3 is 1. The Balaban J connectivity index is 2.61. The number of aryl methyl sites for hydroxylation is 1. The van der Waals surface area contributed by atoms with Crippen molar-refractivity contribution in [2.45, 2.75) is 6.61 Å². The molecule has 5 heteroatoms. The summed E-state index contributed by atoms with van der Waals surface area (Å²) in [5.74, 6) is 0.117. The number of hydrogen-bond acceptors (Lipinski definition) is 3. The van der Waals surface area contributed by atoms with Gasteiger partial charge in [-0.15, -0.1) is 0 Å². The fraction of sp³-hybridized carbons (Fsp3) is 0.250. The summed E-state index contributed by atoms with van der Waals surface area (Å²) in [5.41, 5.74) is 7.60. The topological polar surface area (TPSA) is 53.1 Å². The van der Waals surface area contributed by atoms with Crippen molar-refractivity contribution in [2.24, 2.45) is 7.05 Å². The summed E-state index contributed by atoms with van der Waals surface area (Å²) in [5, 5.41) is 4.22. The largest absolute Gasteiger partial charge is 0.383 e. The smallest absolute Gasteiger partial charge is 0.131 e. The highest BCUT2D eigenvalue weighted by Crippen LogP contribution is 2.31. The van der Waals surface area contributed by atoms with Crippen LogP contribution in [0, 0.1) is 5.82 Å². The molecule has 0 radical (unpaired) electrons. The molecule has 0 fully saturated rings. The molecule has 0 aliphatic heterocycles. The van der Waals surface area contributed by atoms with Crippen LogP contribution in [0.5, 0.6) is 0 Å². The van der Waals surface area contributed by atoms with Gasteiger partial charge in [0.1, 0.15) is 11.6 Å². The van der Waals surface area contributed by atoms with Crippen molar-refractivity contribution in [1.82, 2.24) is 9.78 Å². The summed E-state index contributed by atoms with van der Waals surface area (Å²) in [6.45, 7) is 0.300. The summed E-state index contributed by atoms with van der Waals surface area (Å²) in [7, 11) is 3.29. The summed E-state index contributed by atoms with van der Waals surface area (Å²) < 4.78 is 20.3. The first-order valence-corrected chi connectivity index (χ1v) is 5.20. The van der Waals surface area contributed by atoms with Crippen molar-refractivity contribution in [3.05, 3.63) is 35.8 Å². The van der Waals surface area contributed by atoms with Crippen LogP contribution in [0.4, 0.5) is 10.2 Å². The van der Waals surface area contributed by atoms with Gasteiger partial charge in [0.25, 0.3) is 0 Å². The number of nitrogens with two attached hydrogens (primary N) is 1. The number of benzene rings is 1. The SMILES string of the molecule is COCc1nn(C)c(N)c1-c1ccccc1F. The number of anilines is 1. The van der Waals surface area contributed by atoms with Gasteiger partial charge in [-0.25, -0.2) is 4.39 Å². The van der Waals surface area contributed by atoms with Crippen LogP contribution in [0.2, 0.25) is 0 Å². The Labute approximate surface area is 98.8 Å². The number of hydrogen-bond donors (Lipinski definition) is 1. The van der Waals surface area contributed by atoms with E-state index in [2.05, 4.69) is 5.10 Å². The molecular weight excluding hydrogens is 221 g/mol. The molecule has 0 amide bonds. The van der Waals surface area contributed by atoms with Crippen LogP contribution in [-0.2, 0) is 18.4 Å². The van der Waals surface area contributed by atoms with Crippen LogP contribution >= 0.6 is 0 Å². The van der Waals surface area contributed by atoms with Gasteiger partial charge in [0.2, 0.25) is 0 Å². The highest BCUT2D eigenvalue weighted by Gasteiger charge is 2.18. The monoisotopic (exact) mass is 235 g/mol. The summed E-state index contributed by atoms with van der Waals surface area (Å²) in [6, 6.07) is 6.49. The van der Waals surface area contributed by atoms with E-state index in [4.69, 9.17) is 10.5 Å². The van der Waals surface area contributed by atoms with Gasteiger partial charge >= 0.3 is 0 Å². The van der Waals surface area contributed by atoms with Crippen LogP contribution in [-0.4, -0.2) is 16.9 Å². The molecule has 0 spiro atoms. The van der Waals surface area contributed by atoms with Gasteiger partial charge in [0.15, 0.2) is 0 Å². The molecule has 0 bridgehead atoms. The molecule has 2 N–H and O–H groups in total. The predicted molar refractivity (Wildman–Crippen MR) is 63.7 cm³/mol. The van der Waals surface area contributed by atoms with Crippen molar-refractivity contribution >= 4 is 5.82 Å². The van der Waals surface area contributed by atoms with E-state index in [1.807, 2.05) is 0 Å². The molecule has 2 aromatic rings. The van der Waals surface area contributed by atoms with E-state index >= 15 is 0 Å². The van der Waals surface area contributed by atoms with Crippen molar-refractivity contribution in [3.8, 4) is 11.1 Å². The second-order valence-electron chi connectivity index (χ2n) is 3.74. The van der Waals surface area contributed by atoms with Crippen molar-refractivity contribution in [1.29, 1.82) is 0 Å². The zero-order valence-electron chi connectivity index (χ0n) is 9.77. The number of nitrogen functional groups attached to an aromatic ring is 1. The van der Waals surface area contributed by atoms with Crippen LogP contribution in [0.3, 0.4) is 0 Å². The molecule has 0 unspecified atom stereocenters. The van der Waals surface area contributed by atoms with Gasteiger partial charge in [-0.3, -0.25) is 4.68 Å². The highest BCUT2D eigenvalue weighted by atomic mass is 19.1. The van der Waals surface area contributed by atoms with E-state index in [-0.39, 0.29) is 5.82 Å². The van der Waals surface area contributed by atoms with Gasteiger partial charge < -0.3 is 10.5 Å². The Bertz CT molecular complexity index is 537. The lowest BCUT2D eigenvalue weighted by molar-refractivity contribution is 0.181. The van der Waals surface area contributed by atoms with Crippen LogP contribution < -0.4 is 5.73 Å². The van der Waals surface area contributed by atoms with Crippen molar-refractivity contribution in [3.63, 3.8) is 0 Å². The Kier molecular flexibility index (Phi) is 3.10. The molecule has 4 nitrogen and oxygen atoms in total. The Morgan fingerprint density at radius 3 is 2.76 bits per heavy atom. The van der Waals surface area contributed by atoms with E-state index in [9.17, 15) is 4.39 Å². The Morgan fingerprint density at radius 1 is 1.41 bits per heavy atom. The first-order chi connectivity index (χ1) is 8.15. The molecule has 1 heterocycles. The first-order valence-electron chi connectivity index (χ1n) is 5.20. The normalized spacial score (nSPS) is 10.8. The molecule has 1 aromatic carbocycles. The lowest BCUT2D eigenvalue weighted by Gasteiger charge is -2.04. The van der Waals surface area contributed by atoms with E-state index in [0.29, 0.717) is 29.2 Å². The number of halogens is 1. The van der Waals surface area contributed by atoms with Gasteiger partial charge in [-0.1, -0.05) is 18.2 Å². The third kappa shape index (κ3) is 2.01.